The molecule has 0 aliphatic carbocycles. The number of hydrogen-bond donors (Lipinski definition) is 0. The number of fused-ring (bicyclic) bond motifs is 3. The minimum absolute atomic E-state index is 0.332. The molecule has 0 N–H and O–H groups in total. The third-order valence-electron chi connectivity index (χ3n) is 4.04. The van der Waals surface area contributed by atoms with Gasteiger partial charge in [-0.3, -0.25) is 9.69 Å². The summed E-state index contributed by atoms with van der Waals surface area (Å²) in [5.41, 5.74) is 0.910. The number of hydrogen-bond acceptors (Lipinski definition) is 3. The second-order valence-electron chi connectivity index (χ2n) is 5.01. The molecular formula is C13H17NOS. The van der Waals surface area contributed by atoms with Crippen LogP contribution in [0.4, 0.5) is 0 Å². The van der Waals surface area contributed by atoms with Gasteiger partial charge in [0, 0.05) is 23.4 Å². The largest absolute Gasteiger partial charge is 0.300 e. The Balaban J connectivity index is 1.65. The van der Waals surface area contributed by atoms with Gasteiger partial charge in [-0.15, -0.1) is 0 Å². The number of rotatable bonds is 3. The SMILES string of the molecule is O=C(CC1CC2CCN1CC2)c1ccsc1. The maximum Gasteiger partial charge on any atom is 0.165 e. The molecule has 0 spiro atoms. The first-order chi connectivity index (χ1) is 7.83. The van der Waals surface area contributed by atoms with E-state index < -0.39 is 0 Å². The summed E-state index contributed by atoms with van der Waals surface area (Å²) in [6, 6.07) is 2.48. The van der Waals surface area contributed by atoms with Crippen LogP contribution < -0.4 is 0 Å². The molecule has 3 saturated heterocycles. The molecular weight excluding hydrogens is 218 g/mol. The molecule has 3 fully saturated rings. The van der Waals surface area contributed by atoms with Crippen molar-refractivity contribution in [3.8, 4) is 0 Å². The van der Waals surface area contributed by atoms with Gasteiger partial charge in [0.25, 0.3) is 0 Å². The van der Waals surface area contributed by atoms with Crippen LogP contribution in [-0.4, -0.2) is 29.8 Å². The first kappa shape index (κ1) is 10.5. The van der Waals surface area contributed by atoms with Crippen molar-refractivity contribution in [3.63, 3.8) is 0 Å². The van der Waals surface area contributed by atoms with Gasteiger partial charge < -0.3 is 0 Å². The molecule has 16 heavy (non-hydrogen) atoms. The fraction of sp³-hybridized carbons (Fsp3) is 0.615. The first-order valence-electron chi connectivity index (χ1n) is 6.12. The van der Waals surface area contributed by atoms with E-state index in [4.69, 9.17) is 0 Å². The Hall–Kier alpha value is -0.670. The van der Waals surface area contributed by atoms with Crippen LogP contribution in [-0.2, 0) is 0 Å². The first-order valence-corrected chi connectivity index (χ1v) is 7.06. The second kappa shape index (κ2) is 4.30. The Morgan fingerprint density at radius 3 is 2.81 bits per heavy atom. The van der Waals surface area contributed by atoms with Crippen molar-refractivity contribution in [3.05, 3.63) is 22.4 Å². The van der Waals surface area contributed by atoms with Gasteiger partial charge in [0.15, 0.2) is 5.78 Å². The topological polar surface area (TPSA) is 20.3 Å². The van der Waals surface area contributed by atoms with Crippen LogP contribution in [0.1, 0.15) is 36.0 Å². The molecule has 4 rings (SSSR count). The molecule has 2 bridgehead atoms. The molecule has 1 atom stereocenters. The van der Waals surface area contributed by atoms with Crippen LogP contribution in [0.2, 0.25) is 0 Å². The van der Waals surface area contributed by atoms with E-state index in [-0.39, 0.29) is 0 Å². The summed E-state index contributed by atoms with van der Waals surface area (Å²) in [7, 11) is 0. The zero-order valence-corrected chi connectivity index (χ0v) is 10.2. The minimum Gasteiger partial charge on any atom is -0.300 e. The second-order valence-corrected chi connectivity index (χ2v) is 5.79. The third kappa shape index (κ3) is 1.94. The molecule has 86 valence electrons. The number of nitrogens with zero attached hydrogens (tertiary/aromatic N) is 1. The van der Waals surface area contributed by atoms with Gasteiger partial charge in [-0.25, -0.2) is 0 Å². The summed E-state index contributed by atoms with van der Waals surface area (Å²) < 4.78 is 0. The average molecular weight is 235 g/mol. The summed E-state index contributed by atoms with van der Waals surface area (Å²) in [5, 5.41) is 3.96. The van der Waals surface area contributed by atoms with Crippen molar-refractivity contribution in [1.29, 1.82) is 0 Å². The van der Waals surface area contributed by atoms with Gasteiger partial charge in [0.05, 0.1) is 0 Å². The molecule has 0 amide bonds. The van der Waals surface area contributed by atoms with Crippen LogP contribution in [0.3, 0.4) is 0 Å². The highest BCUT2D eigenvalue weighted by Gasteiger charge is 2.34. The van der Waals surface area contributed by atoms with Gasteiger partial charge in [0.2, 0.25) is 0 Å². The Bertz CT molecular complexity index is 365. The maximum atomic E-state index is 12.0. The molecule has 0 radical (unpaired) electrons. The zero-order chi connectivity index (χ0) is 11.0. The number of Topliss-reactive ketones (excluding diaryl/α,β-unsaturated/α-hetero) is 1. The predicted octanol–water partition coefficient (Wildman–Crippen LogP) is 2.81. The van der Waals surface area contributed by atoms with E-state index in [2.05, 4.69) is 4.90 Å². The highest BCUT2D eigenvalue weighted by Crippen LogP contribution is 2.33. The smallest absolute Gasteiger partial charge is 0.165 e. The average Bonchev–Trinajstić information content (AvgIpc) is 2.84. The monoisotopic (exact) mass is 235 g/mol. The maximum absolute atomic E-state index is 12.0. The summed E-state index contributed by atoms with van der Waals surface area (Å²) in [5.74, 6) is 1.23. The summed E-state index contributed by atoms with van der Waals surface area (Å²) in [6.45, 7) is 2.43. The fourth-order valence-corrected chi connectivity index (χ4v) is 3.72. The zero-order valence-electron chi connectivity index (χ0n) is 9.39. The molecule has 1 aromatic rings. The van der Waals surface area contributed by atoms with E-state index in [0.717, 1.165) is 17.9 Å². The highest BCUT2D eigenvalue weighted by molar-refractivity contribution is 7.08. The molecule has 2 nitrogen and oxygen atoms in total. The number of carbonyl (C=O) groups is 1. The van der Waals surface area contributed by atoms with E-state index >= 15 is 0 Å². The van der Waals surface area contributed by atoms with Crippen molar-refractivity contribution in [1.82, 2.24) is 4.90 Å². The van der Waals surface area contributed by atoms with Gasteiger partial charge in [-0.05, 0) is 49.7 Å². The Morgan fingerprint density at radius 1 is 1.44 bits per heavy atom. The van der Waals surface area contributed by atoms with Crippen LogP contribution >= 0.6 is 11.3 Å². The fourth-order valence-electron chi connectivity index (χ4n) is 3.06. The standard InChI is InChI=1S/C13H17NOS/c15-13(11-3-6-16-9-11)8-12-7-10-1-4-14(12)5-2-10/h3,6,9-10,12H,1-2,4-5,7-8H2. The molecule has 1 aromatic heterocycles. The lowest BCUT2D eigenvalue weighted by atomic mass is 9.81. The van der Waals surface area contributed by atoms with Crippen molar-refractivity contribution in [2.75, 3.05) is 13.1 Å². The lowest BCUT2D eigenvalue weighted by Gasteiger charge is -2.45. The molecule has 0 aromatic carbocycles. The van der Waals surface area contributed by atoms with Gasteiger partial charge in [-0.1, -0.05) is 0 Å². The van der Waals surface area contributed by atoms with E-state index in [0.29, 0.717) is 11.8 Å². The third-order valence-corrected chi connectivity index (χ3v) is 4.72. The van der Waals surface area contributed by atoms with Crippen LogP contribution in [0.15, 0.2) is 16.8 Å². The molecule has 1 unspecified atom stereocenters. The molecule has 0 saturated carbocycles. The number of ketones is 1. The summed E-state index contributed by atoms with van der Waals surface area (Å²) in [4.78, 5) is 14.5. The number of thiophene rings is 1. The Labute approximate surface area is 100 Å². The van der Waals surface area contributed by atoms with Crippen molar-refractivity contribution < 1.29 is 4.79 Å². The van der Waals surface area contributed by atoms with Crippen molar-refractivity contribution in [2.24, 2.45) is 5.92 Å². The normalized spacial score (nSPS) is 32.9. The summed E-state index contributed by atoms with van der Waals surface area (Å²) in [6.07, 6.45) is 4.68. The van der Waals surface area contributed by atoms with Crippen LogP contribution in [0, 0.1) is 5.92 Å². The quantitative estimate of drug-likeness (QED) is 0.751. The number of carbonyl (C=O) groups excluding carboxylic acids is 1. The molecule has 3 aliphatic heterocycles. The predicted molar refractivity (Wildman–Crippen MR) is 66.0 cm³/mol. The van der Waals surface area contributed by atoms with Gasteiger partial charge in [0.1, 0.15) is 0 Å². The minimum atomic E-state index is 0.332. The molecule has 3 heteroatoms. The lowest BCUT2D eigenvalue weighted by molar-refractivity contribution is 0.0428. The van der Waals surface area contributed by atoms with Crippen molar-refractivity contribution in [2.45, 2.75) is 31.7 Å². The lowest BCUT2D eigenvalue weighted by Crippen LogP contribution is -2.49. The number of piperidine rings is 3. The molecule has 4 heterocycles. The van der Waals surface area contributed by atoms with Crippen LogP contribution in [0.25, 0.3) is 0 Å². The van der Waals surface area contributed by atoms with Crippen molar-refractivity contribution >= 4 is 17.1 Å². The van der Waals surface area contributed by atoms with E-state index in [1.807, 2.05) is 16.8 Å². The Morgan fingerprint density at radius 2 is 2.25 bits per heavy atom. The molecule has 3 aliphatic rings. The van der Waals surface area contributed by atoms with Gasteiger partial charge >= 0.3 is 0 Å². The van der Waals surface area contributed by atoms with Crippen LogP contribution in [0.5, 0.6) is 0 Å². The van der Waals surface area contributed by atoms with Gasteiger partial charge in [-0.2, -0.15) is 11.3 Å². The van der Waals surface area contributed by atoms with E-state index in [1.54, 1.807) is 11.3 Å². The Kier molecular flexibility index (Phi) is 2.82. The van der Waals surface area contributed by atoms with E-state index in [1.165, 1.54) is 32.4 Å². The summed E-state index contributed by atoms with van der Waals surface area (Å²) >= 11 is 1.61. The van der Waals surface area contributed by atoms with E-state index in [9.17, 15) is 4.79 Å². The highest BCUT2D eigenvalue weighted by atomic mass is 32.1.